The molecule has 0 atom stereocenters. The molecule has 4 rings (SSSR count). The topological polar surface area (TPSA) is 91.6 Å². The second-order valence-electron chi connectivity index (χ2n) is 5.94. The summed E-state index contributed by atoms with van der Waals surface area (Å²) < 4.78 is 8.45. The number of ether oxygens (including phenoxy) is 1. The summed E-state index contributed by atoms with van der Waals surface area (Å²) in [6, 6.07) is 14.2. The highest BCUT2D eigenvalue weighted by atomic mass is 16.5. The van der Waals surface area contributed by atoms with Gasteiger partial charge in [-0.3, -0.25) is 9.59 Å². The molecular weight excluding hydrogens is 332 g/mol. The Hall–Kier alpha value is -3.61. The number of nitrogens with zero attached hydrogens (tertiary/aromatic N) is 3. The Bertz CT molecular complexity index is 1210. The molecule has 1 amide bonds. The lowest BCUT2D eigenvalue weighted by Gasteiger charge is -2.13. The second kappa shape index (κ2) is 6.03. The molecule has 0 bridgehead atoms. The van der Waals surface area contributed by atoms with E-state index in [0.29, 0.717) is 28.9 Å². The molecular formula is C19H16N4O3. The van der Waals surface area contributed by atoms with Crippen molar-refractivity contribution in [3.8, 4) is 5.75 Å². The van der Waals surface area contributed by atoms with Gasteiger partial charge in [0, 0.05) is 5.56 Å². The van der Waals surface area contributed by atoms with Crippen molar-refractivity contribution in [3.05, 3.63) is 76.2 Å². The first kappa shape index (κ1) is 15.9. The molecule has 2 aromatic carbocycles. The summed E-state index contributed by atoms with van der Waals surface area (Å²) in [5.74, 6) is 0.163. The van der Waals surface area contributed by atoms with E-state index >= 15 is 0 Å². The van der Waals surface area contributed by atoms with Gasteiger partial charge in [0.15, 0.2) is 0 Å². The van der Waals surface area contributed by atoms with Crippen LogP contribution in [0.1, 0.15) is 15.9 Å². The summed E-state index contributed by atoms with van der Waals surface area (Å²) in [6.45, 7) is 0.330. The maximum absolute atomic E-state index is 13.0. The standard InChI is InChI=1S/C19H16N4O3/c1-26-14-4-2-3-12(9-14)11-22-17-10-13(18(20)24)5-6-15(17)23-16(19(22)25)7-8-21-23/h2-10H,11H2,1H3,(H2,20,24). The highest BCUT2D eigenvalue weighted by molar-refractivity contribution is 5.96. The number of methoxy groups -OCH3 is 1. The van der Waals surface area contributed by atoms with E-state index in [0.717, 1.165) is 11.1 Å². The number of primary amides is 1. The van der Waals surface area contributed by atoms with Crippen LogP contribution in [0.4, 0.5) is 0 Å². The van der Waals surface area contributed by atoms with Gasteiger partial charge in [-0.1, -0.05) is 12.1 Å². The first-order valence-corrected chi connectivity index (χ1v) is 8.01. The number of carbonyl (C=O) groups excluding carboxylic acids is 1. The lowest BCUT2D eigenvalue weighted by Crippen LogP contribution is -2.24. The number of fused-ring (bicyclic) bond motifs is 3. The predicted molar refractivity (Wildman–Crippen MR) is 97.6 cm³/mol. The number of nitrogens with two attached hydrogens (primary N) is 1. The zero-order chi connectivity index (χ0) is 18.3. The number of hydrogen-bond donors (Lipinski definition) is 1. The van der Waals surface area contributed by atoms with Crippen molar-refractivity contribution < 1.29 is 9.53 Å². The highest BCUT2D eigenvalue weighted by Crippen LogP contribution is 2.19. The van der Waals surface area contributed by atoms with Crippen LogP contribution in [0.5, 0.6) is 5.75 Å². The lowest BCUT2D eigenvalue weighted by atomic mass is 10.1. The number of carbonyl (C=O) groups is 1. The minimum absolute atomic E-state index is 0.195. The molecule has 7 nitrogen and oxygen atoms in total. The maximum Gasteiger partial charge on any atom is 0.277 e. The Kier molecular flexibility index (Phi) is 3.69. The summed E-state index contributed by atoms with van der Waals surface area (Å²) in [5, 5.41) is 4.22. The summed E-state index contributed by atoms with van der Waals surface area (Å²) in [4.78, 5) is 24.6. The highest BCUT2D eigenvalue weighted by Gasteiger charge is 2.14. The smallest absolute Gasteiger partial charge is 0.277 e. The van der Waals surface area contributed by atoms with E-state index in [1.54, 1.807) is 46.7 Å². The molecule has 0 fully saturated rings. The van der Waals surface area contributed by atoms with E-state index in [1.165, 1.54) is 0 Å². The molecule has 7 heteroatoms. The van der Waals surface area contributed by atoms with Crippen molar-refractivity contribution in [2.75, 3.05) is 7.11 Å². The zero-order valence-corrected chi connectivity index (χ0v) is 14.0. The van der Waals surface area contributed by atoms with E-state index in [9.17, 15) is 9.59 Å². The lowest BCUT2D eigenvalue weighted by molar-refractivity contribution is 0.100. The van der Waals surface area contributed by atoms with Crippen molar-refractivity contribution in [3.63, 3.8) is 0 Å². The molecule has 26 heavy (non-hydrogen) atoms. The fourth-order valence-electron chi connectivity index (χ4n) is 3.09. The minimum atomic E-state index is -0.548. The number of amides is 1. The molecule has 0 spiro atoms. The Morgan fingerprint density at radius 3 is 2.73 bits per heavy atom. The molecule has 0 saturated heterocycles. The molecule has 2 aromatic heterocycles. The van der Waals surface area contributed by atoms with Gasteiger partial charge in [-0.25, -0.2) is 4.52 Å². The van der Waals surface area contributed by atoms with Crippen LogP contribution in [0.3, 0.4) is 0 Å². The molecule has 130 valence electrons. The van der Waals surface area contributed by atoms with Gasteiger partial charge in [0.05, 0.1) is 30.9 Å². The summed E-state index contributed by atoms with van der Waals surface area (Å²) in [5.41, 5.74) is 8.23. The van der Waals surface area contributed by atoms with Crippen molar-refractivity contribution in [1.82, 2.24) is 14.2 Å². The normalized spacial score (nSPS) is 11.1. The third kappa shape index (κ3) is 2.50. The zero-order valence-electron chi connectivity index (χ0n) is 14.0. The van der Waals surface area contributed by atoms with Crippen molar-refractivity contribution in [1.29, 1.82) is 0 Å². The van der Waals surface area contributed by atoms with E-state index < -0.39 is 5.91 Å². The Balaban J connectivity index is 2.00. The Morgan fingerprint density at radius 1 is 1.12 bits per heavy atom. The maximum atomic E-state index is 13.0. The summed E-state index contributed by atoms with van der Waals surface area (Å²) >= 11 is 0. The molecule has 4 aromatic rings. The summed E-state index contributed by atoms with van der Waals surface area (Å²) in [6.07, 6.45) is 1.58. The Labute approximate surface area is 148 Å². The number of aromatic nitrogens is 3. The van der Waals surface area contributed by atoms with Gasteiger partial charge >= 0.3 is 0 Å². The van der Waals surface area contributed by atoms with Crippen LogP contribution in [-0.2, 0) is 6.54 Å². The van der Waals surface area contributed by atoms with E-state index in [1.807, 2.05) is 24.3 Å². The minimum Gasteiger partial charge on any atom is -0.497 e. The van der Waals surface area contributed by atoms with Crippen molar-refractivity contribution >= 4 is 22.5 Å². The van der Waals surface area contributed by atoms with E-state index in [4.69, 9.17) is 10.5 Å². The van der Waals surface area contributed by atoms with Gasteiger partial charge in [-0.05, 0) is 42.0 Å². The Morgan fingerprint density at radius 2 is 1.96 bits per heavy atom. The molecule has 0 saturated carbocycles. The van der Waals surface area contributed by atoms with Crippen LogP contribution in [0.2, 0.25) is 0 Å². The van der Waals surface area contributed by atoms with E-state index in [-0.39, 0.29) is 5.56 Å². The number of benzene rings is 2. The van der Waals surface area contributed by atoms with Crippen LogP contribution >= 0.6 is 0 Å². The van der Waals surface area contributed by atoms with Crippen molar-refractivity contribution in [2.24, 2.45) is 5.73 Å². The third-order valence-corrected chi connectivity index (χ3v) is 4.36. The van der Waals surface area contributed by atoms with Crippen LogP contribution in [-0.4, -0.2) is 27.2 Å². The average molecular weight is 348 g/mol. The van der Waals surface area contributed by atoms with Gasteiger partial charge in [0.1, 0.15) is 11.3 Å². The fraction of sp³-hybridized carbons (Fsp3) is 0.105. The van der Waals surface area contributed by atoms with Crippen LogP contribution in [0.15, 0.2) is 59.5 Å². The largest absolute Gasteiger partial charge is 0.497 e. The number of hydrogen-bond acceptors (Lipinski definition) is 4. The SMILES string of the molecule is COc1cccc(Cn2c(=O)c3ccnn3c3ccc(C(N)=O)cc32)c1. The fourth-order valence-corrected chi connectivity index (χ4v) is 3.09. The average Bonchev–Trinajstić information content (AvgIpc) is 3.15. The van der Waals surface area contributed by atoms with Crippen molar-refractivity contribution in [2.45, 2.75) is 6.54 Å². The third-order valence-electron chi connectivity index (χ3n) is 4.36. The quantitative estimate of drug-likeness (QED) is 0.609. The summed E-state index contributed by atoms with van der Waals surface area (Å²) in [7, 11) is 1.60. The van der Waals surface area contributed by atoms with Crippen LogP contribution < -0.4 is 16.0 Å². The van der Waals surface area contributed by atoms with Gasteiger partial charge in [-0.15, -0.1) is 0 Å². The molecule has 2 heterocycles. The van der Waals surface area contributed by atoms with Gasteiger partial charge in [0.2, 0.25) is 5.91 Å². The molecule has 2 N–H and O–H groups in total. The second-order valence-corrected chi connectivity index (χ2v) is 5.94. The predicted octanol–water partition coefficient (Wildman–Crippen LogP) is 1.80. The van der Waals surface area contributed by atoms with Gasteiger partial charge in [-0.2, -0.15) is 5.10 Å². The van der Waals surface area contributed by atoms with Crippen LogP contribution in [0, 0.1) is 0 Å². The van der Waals surface area contributed by atoms with Gasteiger partial charge in [0.25, 0.3) is 5.56 Å². The first-order valence-electron chi connectivity index (χ1n) is 8.01. The molecule has 0 aliphatic heterocycles. The molecule has 0 radical (unpaired) electrons. The monoisotopic (exact) mass is 348 g/mol. The number of rotatable bonds is 4. The first-order chi connectivity index (χ1) is 12.6. The van der Waals surface area contributed by atoms with Gasteiger partial charge < -0.3 is 15.0 Å². The molecule has 0 aliphatic carbocycles. The molecule has 0 aliphatic rings. The van der Waals surface area contributed by atoms with E-state index in [2.05, 4.69) is 5.10 Å². The van der Waals surface area contributed by atoms with Crippen LogP contribution in [0.25, 0.3) is 16.6 Å². The molecule has 0 unspecified atom stereocenters.